The number of aryl methyl sites for hydroxylation is 2. The topological polar surface area (TPSA) is 33.1 Å². The van der Waals surface area contributed by atoms with Gasteiger partial charge >= 0.3 is 0 Å². The Labute approximate surface area is 120 Å². The van der Waals surface area contributed by atoms with Crippen LogP contribution in [0.15, 0.2) is 34.9 Å². The molecule has 100 valence electrons. The molecule has 0 fully saturated rings. The van der Waals surface area contributed by atoms with Gasteiger partial charge in [0.15, 0.2) is 0 Å². The average Bonchev–Trinajstić information content (AvgIpc) is 2.33. The number of rotatable bonds is 3. The average molecular weight is 324 g/mol. The molecule has 0 saturated carbocycles. The molecule has 2 nitrogen and oxygen atoms in total. The van der Waals surface area contributed by atoms with Crippen molar-refractivity contribution in [2.45, 2.75) is 26.4 Å². The van der Waals surface area contributed by atoms with Crippen molar-refractivity contribution in [1.29, 1.82) is 0 Å². The minimum atomic E-state index is -0.801. The fourth-order valence-corrected chi connectivity index (χ4v) is 2.49. The van der Waals surface area contributed by atoms with Crippen LogP contribution in [0.1, 0.15) is 28.5 Å². The second-order valence-corrected chi connectivity index (χ2v) is 5.59. The van der Waals surface area contributed by atoms with E-state index >= 15 is 0 Å². The van der Waals surface area contributed by atoms with E-state index in [2.05, 4.69) is 20.9 Å². The normalized spacial score (nSPS) is 12.5. The van der Waals surface area contributed by atoms with E-state index in [4.69, 9.17) is 0 Å². The number of aliphatic hydroxyl groups excluding tert-OH is 1. The van der Waals surface area contributed by atoms with Crippen molar-refractivity contribution in [3.05, 3.63) is 63.1 Å². The van der Waals surface area contributed by atoms with E-state index in [0.29, 0.717) is 11.3 Å². The van der Waals surface area contributed by atoms with E-state index in [-0.39, 0.29) is 12.2 Å². The highest BCUT2D eigenvalue weighted by atomic mass is 79.9. The molecule has 4 heteroatoms. The molecule has 19 heavy (non-hydrogen) atoms. The molecule has 0 bridgehead atoms. The number of aromatic nitrogens is 1. The lowest BCUT2D eigenvalue weighted by atomic mass is 10.0. The van der Waals surface area contributed by atoms with Crippen LogP contribution in [0.2, 0.25) is 0 Å². The summed E-state index contributed by atoms with van der Waals surface area (Å²) in [6.45, 7) is 3.85. The maximum Gasteiger partial charge on any atom is 0.126 e. The minimum absolute atomic E-state index is 0.210. The van der Waals surface area contributed by atoms with Crippen molar-refractivity contribution < 1.29 is 9.50 Å². The molecule has 1 N–H and O–H groups in total. The number of pyridine rings is 1. The second kappa shape index (κ2) is 5.80. The molecule has 2 rings (SSSR count). The van der Waals surface area contributed by atoms with Crippen LogP contribution >= 0.6 is 15.9 Å². The van der Waals surface area contributed by atoms with Crippen LogP contribution in [-0.2, 0) is 6.42 Å². The zero-order chi connectivity index (χ0) is 14.0. The summed E-state index contributed by atoms with van der Waals surface area (Å²) in [4.78, 5) is 4.24. The van der Waals surface area contributed by atoms with Gasteiger partial charge in [0.25, 0.3) is 0 Å². The predicted molar refractivity (Wildman–Crippen MR) is 76.5 cm³/mol. The monoisotopic (exact) mass is 323 g/mol. The van der Waals surface area contributed by atoms with Crippen molar-refractivity contribution >= 4 is 15.9 Å². The summed E-state index contributed by atoms with van der Waals surface area (Å²) in [6, 6.07) is 6.67. The SMILES string of the molecule is Cc1cnc(C(O)Cc2cc(Br)ccc2F)c(C)c1. The first kappa shape index (κ1) is 14.2. The fourth-order valence-electron chi connectivity index (χ4n) is 2.08. The van der Waals surface area contributed by atoms with Crippen molar-refractivity contribution in [3.63, 3.8) is 0 Å². The summed E-state index contributed by atoms with van der Waals surface area (Å²) < 4.78 is 14.5. The first-order valence-electron chi connectivity index (χ1n) is 6.02. The van der Waals surface area contributed by atoms with Gasteiger partial charge in [0.05, 0.1) is 5.69 Å². The number of nitrogens with zero attached hydrogens (tertiary/aromatic N) is 1. The Kier molecular flexibility index (Phi) is 4.32. The Morgan fingerprint density at radius 2 is 2.05 bits per heavy atom. The molecule has 1 aromatic carbocycles. The molecule has 1 unspecified atom stereocenters. The minimum Gasteiger partial charge on any atom is -0.386 e. The third-order valence-electron chi connectivity index (χ3n) is 2.99. The zero-order valence-electron chi connectivity index (χ0n) is 10.8. The van der Waals surface area contributed by atoms with Gasteiger partial charge in [-0.15, -0.1) is 0 Å². The molecule has 0 aliphatic heterocycles. The van der Waals surface area contributed by atoms with Crippen molar-refractivity contribution in [2.24, 2.45) is 0 Å². The molecular formula is C15H15BrFNO. The van der Waals surface area contributed by atoms with Gasteiger partial charge in [0, 0.05) is 17.1 Å². The van der Waals surface area contributed by atoms with Crippen LogP contribution in [0.4, 0.5) is 4.39 Å². The van der Waals surface area contributed by atoms with Crippen LogP contribution < -0.4 is 0 Å². The summed E-state index contributed by atoms with van der Waals surface area (Å²) in [5.41, 5.74) is 3.04. The molecule has 0 aliphatic rings. The quantitative estimate of drug-likeness (QED) is 0.929. The van der Waals surface area contributed by atoms with Crippen molar-refractivity contribution in [1.82, 2.24) is 4.98 Å². The standard InChI is InChI=1S/C15H15BrFNO/c1-9-5-10(2)15(18-8-9)14(19)7-11-6-12(16)3-4-13(11)17/h3-6,8,14,19H,7H2,1-2H3. The van der Waals surface area contributed by atoms with E-state index in [1.54, 1.807) is 18.3 Å². The summed E-state index contributed by atoms with van der Waals surface area (Å²) >= 11 is 3.30. The van der Waals surface area contributed by atoms with Gasteiger partial charge in [-0.3, -0.25) is 4.98 Å². The van der Waals surface area contributed by atoms with E-state index in [0.717, 1.165) is 15.6 Å². The van der Waals surface area contributed by atoms with Gasteiger partial charge in [-0.25, -0.2) is 4.39 Å². The predicted octanol–water partition coefficient (Wildman–Crippen LogP) is 3.88. The molecule has 1 heterocycles. The first-order valence-corrected chi connectivity index (χ1v) is 6.82. The van der Waals surface area contributed by atoms with Crippen molar-refractivity contribution in [2.75, 3.05) is 0 Å². The Balaban J connectivity index is 2.25. The molecule has 0 spiro atoms. The van der Waals surface area contributed by atoms with Gasteiger partial charge in [0.1, 0.15) is 11.9 Å². The summed E-state index contributed by atoms with van der Waals surface area (Å²) in [5.74, 6) is -0.313. The number of halogens is 2. The third kappa shape index (κ3) is 3.39. The van der Waals surface area contributed by atoms with Crippen LogP contribution in [0, 0.1) is 19.7 Å². The zero-order valence-corrected chi connectivity index (χ0v) is 12.4. The van der Waals surface area contributed by atoms with Crippen LogP contribution in [0.5, 0.6) is 0 Å². The third-order valence-corrected chi connectivity index (χ3v) is 3.49. The van der Waals surface area contributed by atoms with Gasteiger partial charge in [-0.2, -0.15) is 0 Å². The molecule has 1 atom stereocenters. The Hall–Kier alpha value is -1.26. The number of hydrogen-bond acceptors (Lipinski definition) is 2. The van der Waals surface area contributed by atoms with Crippen LogP contribution in [0.25, 0.3) is 0 Å². The van der Waals surface area contributed by atoms with E-state index in [1.165, 1.54) is 6.07 Å². The van der Waals surface area contributed by atoms with Crippen molar-refractivity contribution in [3.8, 4) is 0 Å². The number of benzene rings is 1. The molecule has 2 aromatic rings. The highest BCUT2D eigenvalue weighted by Crippen LogP contribution is 2.23. The first-order chi connectivity index (χ1) is 8.97. The van der Waals surface area contributed by atoms with Gasteiger partial charge in [-0.1, -0.05) is 22.0 Å². The maximum absolute atomic E-state index is 13.7. The van der Waals surface area contributed by atoms with E-state index in [9.17, 15) is 9.50 Å². The lowest BCUT2D eigenvalue weighted by molar-refractivity contribution is 0.171. The van der Waals surface area contributed by atoms with E-state index in [1.807, 2.05) is 19.9 Å². The highest BCUT2D eigenvalue weighted by molar-refractivity contribution is 9.10. The van der Waals surface area contributed by atoms with E-state index < -0.39 is 6.10 Å². The van der Waals surface area contributed by atoms with Gasteiger partial charge < -0.3 is 5.11 Å². The molecule has 0 saturated heterocycles. The van der Waals surface area contributed by atoms with Crippen LogP contribution in [-0.4, -0.2) is 10.1 Å². The largest absolute Gasteiger partial charge is 0.386 e. The Morgan fingerprint density at radius 3 is 2.74 bits per heavy atom. The maximum atomic E-state index is 13.7. The summed E-state index contributed by atoms with van der Waals surface area (Å²) in [6.07, 6.45) is 1.12. The molecule has 1 aromatic heterocycles. The Morgan fingerprint density at radius 1 is 1.32 bits per heavy atom. The van der Waals surface area contributed by atoms with Crippen LogP contribution in [0.3, 0.4) is 0 Å². The molecular weight excluding hydrogens is 309 g/mol. The lowest BCUT2D eigenvalue weighted by Gasteiger charge is -2.14. The van der Waals surface area contributed by atoms with Gasteiger partial charge in [-0.05, 0) is 48.7 Å². The summed E-state index contributed by atoms with van der Waals surface area (Å²) in [5, 5.41) is 10.2. The number of hydrogen-bond donors (Lipinski definition) is 1. The van der Waals surface area contributed by atoms with Gasteiger partial charge in [0.2, 0.25) is 0 Å². The second-order valence-electron chi connectivity index (χ2n) is 4.67. The fraction of sp³-hybridized carbons (Fsp3) is 0.267. The lowest BCUT2D eigenvalue weighted by Crippen LogP contribution is -2.08. The molecule has 0 aliphatic carbocycles. The smallest absolute Gasteiger partial charge is 0.126 e. The number of aliphatic hydroxyl groups is 1. The molecule has 0 amide bonds. The highest BCUT2D eigenvalue weighted by Gasteiger charge is 2.15. The Bertz CT molecular complexity index is 601. The molecule has 0 radical (unpaired) electrons. The summed E-state index contributed by atoms with van der Waals surface area (Å²) in [7, 11) is 0.